The van der Waals surface area contributed by atoms with E-state index < -0.39 is 10.0 Å². The summed E-state index contributed by atoms with van der Waals surface area (Å²) in [5.74, 6) is 0.103. The van der Waals surface area contributed by atoms with E-state index in [2.05, 4.69) is 10.3 Å². The second kappa shape index (κ2) is 8.60. The van der Waals surface area contributed by atoms with Gasteiger partial charge >= 0.3 is 0 Å². The van der Waals surface area contributed by atoms with E-state index in [-0.39, 0.29) is 29.1 Å². The molecule has 7 nitrogen and oxygen atoms in total. The predicted octanol–water partition coefficient (Wildman–Crippen LogP) is 4.71. The number of sulfonamides is 1. The van der Waals surface area contributed by atoms with Crippen LogP contribution < -0.4 is 10.1 Å². The fourth-order valence-electron chi connectivity index (χ4n) is 3.30. The molecule has 0 spiro atoms. The molecule has 1 aliphatic rings. The number of carbonyl (C=O) groups excluding carboxylic acids is 1. The van der Waals surface area contributed by atoms with E-state index in [1.165, 1.54) is 21.7 Å². The van der Waals surface area contributed by atoms with E-state index in [0.717, 1.165) is 16.0 Å². The number of nitrogens with one attached hydrogen (secondary N) is 1. The van der Waals surface area contributed by atoms with E-state index in [1.807, 2.05) is 0 Å². The fraction of sp³-hybridized carbons (Fsp3) is 0.333. The molecule has 1 aromatic carbocycles. The summed E-state index contributed by atoms with van der Waals surface area (Å²) < 4.78 is 33.5. The van der Waals surface area contributed by atoms with Crippen LogP contribution in [0.2, 0.25) is 9.36 Å². The number of carbonyl (C=O) groups is 1. The molecule has 0 saturated carbocycles. The zero-order valence-corrected chi connectivity index (χ0v) is 19.7. The van der Waals surface area contributed by atoms with Crippen LogP contribution in [0.1, 0.15) is 12.8 Å². The van der Waals surface area contributed by atoms with Gasteiger partial charge in [-0.25, -0.2) is 13.4 Å². The first-order valence-electron chi connectivity index (χ1n) is 8.99. The van der Waals surface area contributed by atoms with Gasteiger partial charge in [-0.3, -0.25) is 4.79 Å². The summed E-state index contributed by atoms with van der Waals surface area (Å²) in [6, 6.07) is 6.53. The van der Waals surface area contributed by atoms with Gasteiger partial charge in [0.25, 0.3) is 10.0 Å². The van der Waals surface area contributed by atoms with Gasteiger partial charge in [0.2, 0.25) is 5.91 Å². The first-order chi connectivity index (χ1) is 14.3. The zero-order chi connectivity index (χ0) is 21.5. The van der Waals surface area contributed by atoms with Crippen LogP contribution in [0.3, 0.4) is 0 Å². The van der Waals surface area contributed by atoms with E-state index in [9.17, 15) is 13.2 Å². The molecular weight excluding hydrogens is 489 g/mol. The lowest BCUT2D eigenvalue weighted by Gasteiger charge is -2.29. The van der Waals surface area contributed by atoms with E-state index >= 15 is 0 Å². The van der Waals surface area contributed by atoms with Gasteiger partial charge in [0.1, 0.15) is 15.5 Å². The number of ether oxygens (including phenoxy) is 1. The van der Waals surface area contributed by atoms with Crippen LogP contribution in [0.25, 0.3) is 10.2 Å². The highest BCUT2D eigenvalue weighted by atomic mass is 35.5. The molecule has 12 heteroatoms. The predicted molar refractivity (Wildman–Crippen MR) is 121 cm³/mol. The average Bonchev–Trinajstić information content (AvgIpc) is 3.36. The van der Waals surface area contributed by atoms with E-state index in [1.54, 1.807) is 25.3 Å². The summed E-state index contributed by atoms with van der Waals surface area (Å²) in [5, 5.41) is 3.81. The number of piperidine rings is 1. The van der Waals surface area contributed by atoms with Crippen LogP contribution in [-0.4, -0.2) is 43.8 Å². The van der Waals surface area contributed by atoms with Crippen molar-refractivity contribution in [3.8, 4) is 5.75 Å². The normalized spacial score (nSPS) is 16.1. The summed E-state index contributed by atoms with van der Waals surface area (Å²) in [7, 11) is -2.03. The van der Waals surface area contributed by atoms with Crippen LogP contribution in [-0.2, 0) is 14.8 Å². The van der Waals surface area contributed by atoms with Crippen LogP contribution in [0.5, 0.6) is 5.75 Å². The van der Waals surface area contributed by atoms with Crippen molar-refractivity contribution in [2.24, 2.45) is 5.92 Å². The van der Waals surface area contributed by atoms with Crippen LogP contribution >= 0.6 is 45.9 Å². The standard InChI is InChI=1S/C18H17Cl2N3O4S3/c1-27-12-3-2-11(19)16-15(12)21-18(29-16)22-17(24)10-6-8-23(9-7-10)30(25,26)14-5-4-13(20)28-14/h2-5,10H,6-9H2,1H3,(H,21,22,24). The number of hydrogen-bond donors (Lipinski definition) is 1. The molecule has 3 heterocycles. The summed E-state index contributed by atoms with van der Waals surface area (Å²) in [4.78, 5) is 17.2. The Morgan fingerprint density at radius 2 is 1.93 bits per heavy atom. The van der Waals surface area contributed by atoms with Crippen molar-refractivity contribution in [2.45, 2.75) is 17.1 Å². The SMILES string of the molecule is COc1ccc(Cl)c2sc(NC(=O)C3CCN(S(=O)(=O)c4ccc(Cl)s4)CC3)nc12. The Kier molecular flexibility index (Phi) is 6.25. The average molecular weight is 506 g/mol. The van der Waals surface area contributed by atoms with Gasteiger partial charge in [0.15, 0.2) is 5.13 Å². The number of rotatable bonds is 5. The monoisotopic (exact) mass is 505 g/mol. The lowest BCUT2D eigenvalue weighted by molar-refractivity contribution is -0.120. The number of halogens is 2. The number of anilines is 1. The molecular formula is C18H17Cl2N3O4S3. The van der Waals surface area contributed by atoms with E-state index in [4.69, 9.17) is 27.9 Å². The number of hydrogen-bond acceptors (Lipinski definition) is 7. The number of amides is 1. The molecule has 0 aliphatic carbocycles. The van der Waals surface area contributed by atoms with Gasteiger partial charge in [0.05, 0.1) is 21.2 Å². The highest BCUT2D eigenvalue weighted by Crippen LogP contribution is 2.38. The molecule has 160 valence electrons. The Morgan fingerprint density at radius 3 is 2.57 bits per heavy atom. The molecule has 1 aliphatic heterocycles. The number of thiophene rings is 1. The summed E-state index contributed by atoms with van der Waals surface area (Å²) in [6.07, 6.45) is 0.859. The van der Waals surface area contributed by atoms with Crippen LogP contribution in [0.15, 0.2) is 28.5 Å². The van der Waals surface area contributed by atoms with Crippen molar-refractivity contribution in [2.75, 3.05) is 25.5 Å². The maximum atomic E-state index is 12.7. The zero-order valence-electron chi connectivity index (χ0n) is 15.7. The Morgan fingerprint density at radius 1 is 1.20 bits per heavy atom. The molecule has 1 fully saturated rings. The second-order valence-corrected chi connectivity index (χ2v) is 12.0. The topological polar surface area (TPSA) is 88.6 Å². The lowest BCUT2D eigenvalue weighted by Crippen LogP contribution is -2.41. The Labute approximate surface area is 191 Å². The van der Waals surface area contributed by atoms with E-state index in [0.29, 0.717) is 38.6 Å². The largest absolute Gasteiger partial charge is 0.494 e. The minimum Gasteiger partial charge on any atom is -0.494 e. The highest BCUT2D eigenvalue weighted by Gasteiger charge is 2.33. The minimum absolute atomic E-state index is 0.180. The van der Waals surface area contributed by atoms with Gasteiger partial charge in [-0.05, 0) is 37.1 Å². The highest BCUT2D eigenvalue weighted by molar-refractivity contribution is 7.91. The Balaban J connectivity index is 1.43. The molecule has 0 unspecified atom stereocenters. The van der Waals surface area contributed by atoms with Gasteiger partial charge in [-0.15, -0.1) is 11.3 Å². The maximum Gasteiger partial charge on any atom is 0.252 e. The summed E-state index contributed by atoms with van der Waals surface area (Å²) in [6.45, 7) is 0.546. The molecule has 2 aromatic heterocycles. The maximum absolute atomic E-state index is 12.7. The molecule has 1 saturated heterocycles. The molecule has 0 radical (unpaired) electrons. The number of aromatic nitrogens is 1. The van der Waals surface area contributed by atoms with Crippen molar-refractivity contribution in [3.63, 3.8) is 0 Å². The molecule has 30 heavy (non-hydrogen) atoms. The van der Waals surface area contributed by atoms with Crippen molar-refractivity contribution < 1.29 is 17.9 Å². The smallest absolute Gasteiger partial charge is 0.252 e. The molecule has 0 bridgehead atoms. The number of benzene rings is 1. The summed E-state index contributed by atoms with van der Waals surface area (Å²) in [5.41, 5.74) is 0.598. The van der Waals surface area contributed by atoms with Crippen LogP contribution in [0.4, 0.5) is 5.13 Å². The molecule has 1 amide bonds. The quantitative estimate of drug-likeness (QED) is 0.542. The third kappa shape index (κ3) is 4.17. The fourth-order valence-corrected chi connectivity index (χ4v) is 7.57. The van der Waals surface area contributed by atoms with Gasteiger partial charge < -0.3 is 10.1 Å². The molecule has 3 aromatic rings. The Hall–Kier alpha value is -1.43. The van der Waals surface area contributed by atoms with Crippen molar-refractivity contribution in [1.29, 1.82) is 0 Å². The van der Waals surface area contributed by atoms with Crippen molar-refractivity contribution in [1.82, 2.24) is 9.29 Å². The van der Waals surface area contributed by atoms with Gasteiger partial charge in [-0.1, -0.05) is 34.5 Å². The lowest BCUT2D eigenvalue weighted by atomic mass is 9.97. The molecule has 4 rings (SSSR count). The molecule has 1 N–H and O–H groups in total. The first kappa shape index (κ1) is 21.8. The van der Waals surface area contributed by atoms with Gasteiger partial charge in [0, 0.05) is 19.0 Å². The first-order valence-corrected chi connectivity index (χ1v) is 12.8. The Bertz CT molecular complexity index is 1200. The molecule has 0 atom stereocenters. The number of nitrogens with zero attached hydrogens (tertiary/aromatic N) is 2. The van der Waals surface area contributed by atoms with Crippen molar-refractivity contribution >= 4 is 77.2 Å². The number of fused-ring (bicyclic) bond motifs is 1. The minimum atomic E-state index is -3.58. The van der Waals surface area contributed by atoms with Gasteiger partial charge in [-0.2, -0.15) is 4.31 Å². The van der Waals surface area contributed by atoms with Crippen LogP contribution in [0, 0.1) is 5.92 Å². The third-order valence-corrected chi connectivity index (χ3v) is 9.90. The second-order valence-electron chi connectivity index (χ2n) is 6.67. The number of thiazole rings is 1. The van der Waals surface area contributed by atoms with Crippen molar-refractivity contribution in [3.05, 3.63) is 33.6 Å². The third-order valence-electron chi connectivity index (χ3n) is 4.88. The number of methoxy groups -OCH3 is 1. The summed E-state index contributed by atoms with van der Waals surface area (Å²) >= 11 is 14.4.